The van der Waals surface area contributed by atoms with Crippen molar-refractivity contribution in [1.82, 2.24) is 16.1 Å². The number of carbonyl (C=O) groups is 4. The van der Waals surface area contributed by atoms with E-state index in [2.05, 4.69) is 16.1 Å². The van der Waals surface area contributed by atoms with Gasteiger partial charge in [0.1, 0.15) is 6.04 Å². The molecular weight excluding hydrogens is 630 g/mol. The van der Waals surface area contributed by atoms with Crippen LogP contribution in [-0.4, -0.2) is 53.9 Å². The van der Waals surface area contributed by atoms with Crippen LogP contribution in [0.2, 0.25) is 0 Å². The first-order valence-corrected chi connectivity index (χ1v) is 16.2. The number of hydroxylamine groups is 1. The minimum Gasteiger partial charge on any atom is -0.399 e. The maximum atomic E-state index is 13.2. The highest BCUT2D eigenvalue weighted by molar-refractivity contribution is 6.62. The molecule has 1 unspecified atom stereocenters. The molecule has 0 radical (unpaired) electrons. The zero-order valence-electron chi connectivity index (χ0n) is 27.7. The van der Waals surface area contributed by atoms with Gasteiger partial charge in [-0.25, -0.2) is 5.48 Å². The molecule has 2 fully saturated rings. The second-order valence-electron chi connectivity index (χ2n) is 13.3. The van der Waals surface area contributed by atoms with Gasteiger partial charge in [-0.15, -0.1) is 0 Å². The van der Waals surface area contributed by atoms with Crippen LogP contribution in [0.25, 0.3) is 0 Å². The Kier molecular flexibility index (Phi) is 12.1. The molecule has 2 aliphatic rings. The molecule has 0 aliphatic carbocycles. The second kappa shape index (κ2) is 15.6. The second-order valence-corrected chi connectivity index (χ2v) is 13.3. The Hall–Kier alpha value is -3.75. The molecule has 2 atom stereocenters. The van der Waals surface area contributed by atoms with Gasteiger partial charge < -0.3 is 19.9 Å². The smallest absolute Gasteiger partial charge is 0.399 e. The molecular formula is C34H43BF3N3O7. The van der Waals surface area contributed by atoms with Crippen molar-refractivity contribution in [2.75, 3.05) is 0 Å². The number of halogens is 3. The van der Waals surface area contributed by atoms with Crippen molar-refractivity contribution in [2.24, 2.45) is 0 Å². The number of benzene rings is 2. The minimum atomic E-state index is -4.55. The SMILES string of the molecule is CC1(C)OB(c2ccc(CONC(=O)CCCCC[C@H](NC(=O)C3CCC(=O)N3)C(=O)Cc3cccc(C(F)(F)F)c3)cc2)OC1(C)C. The van der Waals surface area contributed by atoms with Gasteiger partial charge >= 0.3 is 13.3 Å². The van der Waals surface area contributed by atoms with Crippen molar-refractivity contribution >= 4 is 36.1 Å². The molecule has 14 heteroatoms. The summed E-state index contributed by atoms with van der Waals surface area (Å²) < 4.78 is 51.6. The molecule has 2 heterocycles. The predicted molar refractivity (Wildman–Crippen MR) is 171 cm³/mol. The van der Waals surface area contributed by atoms with E-state index in [1.807, 2.05) is 52.0 Å². The van der Waals surface area contributed by atoms with E-state index in [-0.39, 0.29) is 49.7 Å². The van der Waals surface area contributed by atoms with Gasteiger partial charge in [0.05, 0.1) is 29.4 Å². The lowest BCUT2D eigenvalue weighted by Crippen LogP contribution is -2.49. The standard InChI is InChI=1S/C34H43BF3N3O7/c1-32(2)33(3,4)48-35(47-32)25-15-13-22(14-16-25)21-46-41-30(44)12-7-5-6-11-26(40-31(45)27-17-18-29(43)39-27)28(42)20-23-9-8-10-24(19-23)34(36,37)38/h8-10,13-16,19,26-27H,5-7,11-12,17-18,20-21H2,1-4H3,(H,39,43)(H,40,45)(H,41,44)/t26-,27?/m0/s1. The Morgan fingerprint density at radius 1 is 1.00 bits per heavy atom. The number of hydrogen-bond acceptors (Lipinski definition) is 7. The zero-order chi connectivity index (χ0) is 35.1. The molecule has 2 aromatic rings. The first kappa shape index (κ1) is 37.1. The fraction of sp³-hybridized carbons (Fsp3) is 0.529. The van der Waals surface area contributed by atoms with Gasteiger partial charge in [0.15, 0.2) is 5.78 Å². The first-order chi connectivity index (χ1) is 22.5. The summed E-state index contributed by atoms with van der Waals surface area (Å²) in [6, 6.07) is 10.3. The van der Waals surface area contributed by atoms with Crippen LogP contribution in [-0.2, 0) is 52.5 Å². The summed E-state index contributed by atoms with van der Waals surface area (Å²) in [5, 5.41) is 5.23. The van der Waals surface area contributed by atoms with E-state index in [1.54, 1.807) is 0 Å². The van der Waals surface area contributed by atoms with E-state index in [9.17, 15) is 32.3 Å². The van der Waals surface area contributed by atoms with Crippen LogP contribution in [0, 0.1) is 0 Å². The summed E-state index contributed by atoms with van der Waals surface area (Å²) in [4.78, 5) is 55.1. The van der Waals surface area contributed by atoms with Crippen LogP contribution in [0.5, 0.6) is 0 Å². The highest BCUT2D eigenvalue weighted by Gasteiger charge is 2.51. The molecule has 260 valence electrons. The van der Waals surface area contributed by atoms with E-state index in [1.165, 1.54) is 12.1 Å². The number of rotatable bonds is 15. The average molecular weight is 674 g/mol. The van der Waals surface area contributed by atoms with Crippen molar-refractivity contribution in [1.29, 1.82) is 0 Å². The maximum absolute atomic E-state index is 13.2. The van der Waals surface area contributed by atoms with Crippen LogP contribution < -0.4 is 21.6 Å². The van der Waals surface area contributed by atoms with Crippen LogP contribution in [0.4, 0.5) is 13.2 Å². The predicted octanol–water partition coefficient (Wildman–Crippen LogP) is 4.08. The fourth-order valence-corrected chi connectivity index (χ4v) is 5.39. The number of Topliss-reactive ketones (excluding diaryl/α,β-unsaturated/α-hetero) is 1. The molecule has 0 spiro atoms. The third-order valence-corrected chi connectivity index (χ3v) is 8.98. The van der Waals surface area contributed by atoms with Crippen molar-refractivity contribution in [3.8, 4) is 0 Å². The van der Waals surface area contributed by atoms with Crippen molar-refractivity contribution in [3.05, 3.63) is 65.2 Å². The van der Waals surface area contributed by atoms with Crippen molar-refractivity contribution in [2.45, 2.75) is 115 Å². The van der Waals surface area contributed by atoms with Gasteiger partial charge in [-0.1, -0.05) is 55.3 Å². The Morgan fingerprint density at radius 2 is 1.69 bits per heavy atom. The summed E-state index contributed by atoms with van der Waals surface area (Å²) in [7, 11) is -0.473. The minimum absolute atomic E-state index is 0.159. The van der Waals surface area contributed by atoms with Gasteiger partial charge in [0, 0.05) is 19.3 Å². The van der Waals surface area contributed by atoms with E-state index >= 15 is 0 Å². The van der Waals surface area contributed by atoms with E-state index < -0.39 is 53.8 Å². The quantitative estimate of drug-likeness (QED) is 0.148. The number of ketones is 1. The highest BCUT2D eigenvalue weighted by Crippen LogP contribution is 2.36. The van der Waals surface area contributed by atoms with Gasteiger partial charge in [-0.2, -0.15) is 13.2 Å². The Bertz CT molecular complexity index is 1450. The lowest BCUT2D eigenvalue weighted by atomic mass is 9.79. The number of amides is 3. The molecule has 0 aromatic heterocycles. The summed E-state index contributed by atoms with van der Waals surface area (Å²) >= 11 is 0. The number of carbonyl (C=O) groups excluding carboxylic acids is 4. The fourth-order valence-electron chi connectivity index (χ4n) is 5.39. The van der Waals surface area contributed by atoms with E-state index in [0.717, 1.165) is 23.2 Å². The van der Waals surface area contributed by atoms with Gasteiger partial charge in [0.2, 0.25) is 17.7 Å². The first-order valence-electron chi connectivity index (χ1n) is 16.2. The lowest BCUT2D eigenvalue weighted by Gasteiger charge is -2.32. The van der Waals surface area contributed by atoms with Crippen LogP contribution >= 0.6 is 0 Å². The van der Waals surface area contributed by atoms with E-state index in [0.29, 0.717) is 25.7 Å². The number of hydrogen-bond donors (Lipinski definition) is 3. The Balaban J connectivity index is 1.20. The van der Waals surface area contributed by atoms with Crippen molar-refractivity contribution < 1.29 is 46.5 Å². The maximum Gasteiger partial charge on any atom is 0.494 e. The molecule has 3 amide bonds. The Labute approximate surface area is 278 Å². The third-order valence-electron chi connectivity index (χ3n) is 8.98. The van der Waals surface area contributed by atoms with Crippen LogP contribution in [0.3, 0.4) is 0 Å². The monoisotopic (exact) mass is 673 g/mol. The summed E-state index contributed by atoms with van der Waals surface area (Å²) in [6.07, 6.45) is -2.45. The Morgan fingerprint density at radius 3 is 2.31 bits per heavy atom. The molecule has 0 saturated carbocycles. The third kappa shape index (κ3) is 10.1. The van der Waals surface area contributed by atoms with Gasteiger partial charge in [-0.05, 0) is 69.6 Å². The molecule has 48 heavy (non-hydrogen) atoms. The lowest BCUT2D eigenvalue weighted by molar-refractivity contribution is -0.137. The summed E-state index contributed by atoms with van der Waals surface area (Å²) in [6.45, 7) is 8.12. The van der Waals surface area contributed by atoms with Crippen LogP contribution in [0.15, 0.2) is 48.5 Å². The zero-order valence-corrected chi connectivity index (χ0v) is 27.7. The number of alkyl halides is 3. The molecule has 10 nitrogen and oxygen atoms in total. The molecule has 3 N–H and O–H groups in total. The molecule has 2 aromatic carbocycles. The van der Waals surface area contributed by atoms with Crippen molar-refractivity contribution in [3.63, 3.8) is 0 Å². The van der Waals surface area contributed by atoms with Gasteiger partial charge in [-0.3, -0.25) is 24.0 Å². The van der Waals surface area contributed by atoms with Crippen LogP contribution in [0.1, 0.15) is 89.3 Å². The highest BCUT2D eigenvalue weighted by atomic mass is 19.4. The topological polar surface area (TPSA) is 132 Å². The molecule has 2 aliphatic heterocycles. The number of unbranched alkanes of at least 4 members (excludes halogenated alkanes) is 2. The largest absolute Gasteiger partial charge is 0.494 e. The summed E-state index contributed by atoms with van der Waals surface area (Å²) in [5.74, 6) is -1.53. The summed E-state index contributed by atoms with van der Waals surface area (Å²) in [5.41, 5.74) is 2.59. The van der Waals surface area contributed by atoms with E-state index in [4.69, 9.17) is 14.1 Å². The number of nitrogens with one attached hydrogen (secondary N) is 3. The average Bonchev–Trinajstić information content (AvgIpc) is 3.54. The molecule has 0 bridgehead atoms. The molecule has 4 rings (SSSR count). The molecule has 2 saturated heterocycles. The van der Waals surface area contributed by atoms with Gasteiger partial charge in [0.25, 0.3) is 0 Å². The normalized spacial score (nSPS) is 19.1.